The number of ether oxygens (including phenoxy) is 1. The Labute approximate surface area is 115 Å². The molecule has 0 saturated carbocycles. The quantitative estimate of drug-likeness (QED) is 0.787. The number of thioether (sulfide) groups is 1. The van der Waals surface area contributed by atoms with Crippen molar-refractivity contribution in [1.82, 2.24) is 14.6 Å². The van der Waals surface area contributed by atoms with Crippen LogP contribution in [0.5, 0.6) is 0 Å². The van der Waals surface area contributed by atoms with Gasteiger partial charge in [0.2, 0.25) is 0 Å². The second-order valence-electron chi connectivity index (χ2n) is 4.53. The molecule has 1 aliphatic rings. The minimum atomic E-state index is -0.388. The summed E-state index contributed by atoms with van der Waals surface area (Å²) in [5.74, 6) is 3.18. The fraction of sp³-hybridized carbons (Fsp3) is 0.462. The zero-order chi connectivity index (χ0) is 13.2. The number of fused-ring (bicyclic) bond motifs is 1. The fourth-order valence-corrected chi connectivity index (χ4v) is 3.42. The third kappa shape index (κ3) is 2.32. The first-order valence-electron chi connectivity index (χ1n) is 6.31. The maximum Gasteiger partial charge on any atom is 0.356 e. The van der Waals surface area contributed by atoms with Crippen LogP contribution < -0.4 is 0 Å². The van der Waals surface area contributed by atoms with Gasteiger partial charge in [-0.1, -0.05) is 6.07 Å². The molecule has 0 spiro atoms. The summed E-state index contributed by atoms with van der Waals surface area (Å²) >= 11 is 1.98. The van der Waals surface area contributed by atoms with Crippen LogP contribution in [0.4, 0.5) is 0 Å². The first-order chi connectivity index (χ1) is 9.29. The Morgan fingerprint density at radius 2 is 2.21 bits per heavy atom. The second-order valence-corrected chi connectivity index (χ2v) is 5.75. The monoisotopic (exact) mass is 277 g/mol. The van der Waals surface area contributed by atoms with E-state index in [-0.39, 0.29) is 5.97 Å². The zero-order valence-corrected chi connectivity index (χ0v) is 11.5. The zero-order valence-electron chi connectivity index (χ0n) is 10.7. The number of methoxy groups -OCH3 is 1. The number of aromatic nitrogens is 3. The highest BCUT2D eigenvalue weighted by molar-refractivity contribution is 7.99. The molecule has 3 rings (SSSR count). The number of rotatable bonds is 2. The molecule has 0 unspecified atom stereocenters. The van der Waals surface area contributed by atoms with Crippen LogP contribution in [-0.4, -0.2) is 39.2 Å². The van der Waals surface area contributed by atoms with Gasteiger partial charge in [-0.15, -0.1) is 0 Å². The predicted octanol–water partition coefficient (Wildman–Crippen LogP) is 2.13. The molecule has 2 aromatic rings. The molecule has 0 bridgehead atoms. The lowest BCUT2D eigenvalue weighted by Gasteiger charge is -2.17. The van der Waals surface area contributed by atoms with Crippen LogP contribution in [0.15, 0.2) is 18.2 Å². The van der Waals surface area contributed by atoms with Crippen molar-refractivity contribution in [3.8, 4) is 0 Å². The topological polar surface area (TPSA) is 56.5 Å². The summed E-state index contributed by atoms with van der Waals surface area (Å²) in [7, 11) is 1.37. The number of hydrogen-bond donors (Lipinski definition) is 0. The molecule has 0 radical (unpaired) electrons. The van der Waals surface area contributed by atoms with E-state index in [1.165, 1.54) is 7.11 Å². The molecule has 1 saturated heterocycles. The highest BCUT2D eigenvalue weighted by atomic mass is 32.2. The Balaban J connectivity index is 2.02. The van der Waals surface area contributed by atoms with Crippen LogP contribution in [0, 0.1) is 0 Å². The van der Waals surface area contributed by atoms with Crippen LogP contribution >= 0.6 is 11.8 Å². The van der Waals surface area contributed by atoms with E-state index >= 15 is 0 Å². The van der Waals surface area contributed by atoms with Crippen LogP contribution in [0.25, 0.3) is 5.65 Å². The highest BCUT2D eigenvalue weighted by Gasteiger charge is 2.21. The average molecular weight is 277 g/mol. The van der Waals surface area contributed by atoms with E-state index in [0.29, 0.717) is 17.3 Å². The summed E-state index contributed by atoms with van der Waals surface area (Å²) in [6.45, 7) is 0. The molecular weight excluding hydrogens is 262 g/mol. The second kappa shape index (κ2) is 5.21. The molecule has 0 aromatic carbocycles. The molecule has 2 aromatic heterocycles. The largest absolute Gasteiger partial charge is 0.464 e. The lowest BCUT2D eigenvalue weighted by atomic mass is 10.0. The van der Waals surface area contributed by atoms with E-state index in [0.717, 1.165) is 30.2 Å². The van der Waals surface area contributed by atoms with Crippen LogP contribution in [0.2, 0.25) is 0 Å². The highest BCUT2D eigenvalue weighted by Crippen LogP contribution is 2.29. The Morgan fingerprint density at radius 3 is 2.95 bits per heavy atom. The predicted molar refractivity (Wildman–Crippen MR) is 73.6 cm³/mol. The van der Waals surface area contributed by atoms with Gasteiger partial charge in [-0.25, -0.2) is 14.3 Å². The maximum absolute atomic E-state index is 11.7. The van der Waals surface area contributed by atoms with E-state index in [4.69, 9.17) is 4.74 Å². The van der Waals surface area contributed by atoms with Crippen molar-refractivity contribution in [3.63, 3.8) is 0 Å². The molecule has 1 fully saturated rings. The molecule has 100 valence electrons. The van der Waals surface area contributed by atoms with Gasteiger partial charge in [-0.2, -0.15) is 16.9 Å². The van der Waals surface area contributed by atoms with Crippen molar-refractivity contribution in [2.75, 3.05) is 18.6 Å². The fourth-order valence-electron chi connectivity index (χ4n) is 2.31. The van der Waals surface area contributed by atoms with Crippen LogP contribution in [-0.2, 0) is 4.74 Å². The summed E-state index contributed by atoms with van der Waals surface area (Å²) in [5.41, 5.74) is 1.13. The van der Waals surface area contributed by atoms with E-state index < -0.39 is 0 Å². The van der Waals surface area contributed by atoms with Crippen molar-refractivity contribution in [2.24, 2.45) is 0 Å². The molecular formula is C13H15N3O2S. The van der Waals surface area contributed by atoms with Gasteiger partial charge in [0.15, 0.2) is 17.2 Å². The Kier molecular flexibility index (Phi) is 3.42. The van der Waals surface area contributed by atoms with Gasteiger partial charge in [0.05, 0.1) is 7.11 Å². The van der Waals surface area contributed by atoms with E-state index in [9.17, 15) is 4.79 Å². The minimum Gasteiger partial charge on any atom is -0.464 e. The molecule has 3 heterocycles. The van der Waals surface area contributed by atoms with Crippen molar-refractivity contribution < 1.29 is 9.53 Å². The Bertz CT molecular complexity index is 605. The van der Waals surface area contributed by atoms with Gasteiger partial charge in [-0.3, -0.25) is 0 Å². The van der Waals surface area contributed by atoms with Crippen LogP contribution in [0.3, 0.4) is 0 Å². The third-order valence-electron chi connectivity index (χ3n) is 3.36. The van der Waals surface area contributed by atoms with E-state index in [2.05, 4.69) is 10.1 Å². The molecule has 0 amide bonds. The minimum absolute atomic E-state index is 0.388. The molecule has 1 aliphatic heterocycles. The van der Waals surface area contributed by atoms with Crippen molar-refractivity contribution in [1.29, 1.82) is 0 Å². The first-order valence-corrected chi connectivity index (χ1v) is 7.47. The third-order valence-corrected chi connectivity index (χ3v) is 4.41. The summed E-state index contributed by atoms with van der Waals surface area (Å²) in [6, 6.07) is 5.37. The molecule has 0 aliphatic carbocycles. The van der Waals surface area contributed by atoms with Gasteiger partial charge in [0.1, 0.15) is 0 Å². The molecule has 6 heteroatoms. The normalized spacial score (nSPS) is 16.7. The van der Waals surface area contributed by atoms with Gasteiger partial charge >= 0.3 is 5.97 Å². The Morgan fingerprint density at radius 1 is 1.42 bits per heavy atom. The number of esters is 1. The number of carbonyl (C=O) groups excluding carboxylic acids is 1. The van der Waals surface area contributed by atoms with Gasteiger partial charge in [0, 0.05) is 5.92 Å². The van der Waals surface area contributed by atoms with E-state index in [1.807, 2.05) is 17.8 Å². The number of hydrogen-bond acceptors (Lipinski definition) is 5. The summed E-state index contributed by atoms with van der Waals surface area (Å²) in [6.07, 6.45) is 2.21. The number of carbonyl (C=O) groups is 1. The van der Waals surface area contributed by atoms with Gasteiger partial charge < -0.3 is 4.74 Å². The van der Waals surface area contributed by atoms with Crippen LogP contribution in [0.1, 0.15) is 35.1 Å². The molecule has 0 N–H and O–H groups in total. The maximum atomic E-state index is 11.7. The number of pyridine rings is 1. The lowest BCUT2D eigenvalue weighted by molar-refractivity contribution is 0.0591. The van der Waals surface area contributed by atoms with Gasteiger partial charge in [0.25, 0.3) is 0 Å². The van der Waals surface area contributed by atoms with Crippen molar-refractivity contribution in [3.05, 3.63) is 29.7 Å². The molecule has 0 atom stereocenters. The lowest BCUT2D eigenvalue weighted by Crippen LogP contribution is -2.11. The number of nitrogens with zero attached hydrogens (tertiary/aromatic N) is 3. The van der Waals surface area contributed by atoms with E-state index in [1.54, 1.807) is 16.6 Å². The summed E-state index contributed by atoms with van der Waals surface area (Å²) in [4.78, 5) is 16.2. The SMILES string of the molecule is COC(=O)c1cccc2nc(C3CCSCC3)nn12. The average Bonchev–Trinajstić information content (AvgIpc) is 2.91. The van der Waals surface area contributed by atoms with Gasteiger partial charge in [-0.05, 0) is 36.5 Å². The standard InChI is InChI=1S/C13H15N3O2S/c1-18-13(17)10-3-2-4-11-14-12(15-16(10)11)9-5-7-19-8-6-9/h2-4,9H,5-8H2,1H3. The molecule has 5 nitrogen and oxygen atoms in total. The first kappa shape index (κ1) is 12.5. The Hall–Kier alpha value is -1.56. The summed E-state index contributed by atoms with van der Waals surface area (Å²) in [5, 5.41) is 4.50. The smallest absolute Gasteiger partial charge is 0.356 e. The molecule has 19 heavy (non-hydrogen) atoms. The van der Waals surface area contributed by atoms with Crippen molar-refractivity contribution in [2.45, 2.75) is 18.8 Å². The summed E-state index contributed by atoms with van der Waals surface area (Å²) < 4.78 is 6.35. The van der Waals surface area contributed by atoms with Crippen molar-refractivity contribution >= 4 is 23.4 Å².